The molecule has 0 bridgehead atoms. The minimum absolute atomic E-state index is 0.0613. The van der Waals surface area contributed by atoms with Crippen LogP contribution in [0.2, 0.25) is 0 Å². The first-order valence-electron chi connectivity index (χ1n) is 5.08. The van der Waals surface area contributed by atoms with Crippen LogP contribution in [0.5, 0.6) is 0 Å². The predicted molar refractivity (Wildman–Crippen MR) is 60.7 cm³/mol. The van der Waals surface area contributed by atoms with Crippen molar-refractivity contribution >= 4 is 5.97 Å². The van der Waals surface area contributed by atoms with Gasteiger partial charge >= 0.3 is 5.97 Å². The van der Waals surface area contributed by atoms with Crippen molar-refractivity contribution in [1.29, 1.82) is 0 Å². The topological polar surface area (TPSA) is 37.3 Å². The molecule has 0 spiro atoms. The number of carboxylic acids is 1. The molecule has 1 rings (SSSR count). The lowest BCUT2D eigenvalue weighted by atomic mass is 10.0. The predicted octanol–water partition coefficient (Wildman–Crippen LogP) is 2.90. The summed E-state index contributed by atoms with van der Waals surface area (Å²) in [6, 6.07) is 9.86. The van der Waals surface area contributed by atoms with Gasteiger partial charge in [0.1, 0.15) is 0 Å². The minimum atomic E-state index is -0.819. The Labute approximate surface area is 90.3 Å². The van der Waals surface area contributed by atoms with E-state index in [9.17, 15) is 4.79 Å². The first kappa shape index (κ1) is 11.5. The van der Waals surface area contributed by atoms with Gasteiger partial charge in [-0.15, -0.1) is 0 Å². The van der Waals surface area contributed by atoms with Crippen molar-refractivity contribution in [2.75, 3.05) is 0 Å². The molecule has 1 N–H and O–H groups in total. The molecule has 2 heteroatoms. The van der Waals surface area contributed by atoms with Gasteiger partial charge in [-0.3, -0.25) is 0 Å². The Bertz CT molecular complexity index is 350. The third-order valence-corrected chi connectivity index (χ3v) is 2.27. The lowest BCUT2D eigenvalue weighted by Crippen LogP contribution is -2.07. The Morgan fingerprint density at radius 1 is 1.33 bits per heavy atom. The maximum atomic E-state index is 10.9. The van der Waals surface area contributed by atoms with Gasteiger partial charge in [0.2, 0.25) is 0 Å². The van der Waals surface area contributed by atoms with Gasteiger partial charge in [-0.05, 0) is 17.9 Å². The molecule has 0 aliphatic carbocycles. The number of allylic oxidation sites excluding steroid dienone is 1. The molecule has 0 unspecified atom stereocenters. The number of rotatable bonds is 4. The molecule has 0 aromatic heterocycles. The molecule has 0 saturated carbocycles. The highest BCUT2D eigenvalue weighted by Gasteiger charge is 2.10. The second kappa shape index (κ2) is 5.35. The Kier molecular flexibility index (Phi) is 4.10. The van der Waals surface area contributed by atoms with Gasteiger partial charge in [0.15, 0.2) is 0 Å². The first-order chi connectivity index (χ1) is 7.11. The molecule has 1 aromatic rings. The molecule has 0 aliphatic rings. The summed E-state index contributed by atoms with van der Waals surface area (Å²) in [5.41, 5.74) is 1.62. The summed E-state index contributed by atoms with van der Waals surface area (Å²) in [5, 5.41) is 8.95. The normalized spacial score (nSPS) is 11.8. The van der Waals surface area contributed by atoms with E-state index in [1.54, 1.807) is 6.08 Å². The summed E-state index contributed by atoms with van der Waals surface area (Å²) >= 11 is 0. The molecular formula is C13H16O2. The van der Waals surface area contributed by atoms with Gasteiger partial charge < -0.3 is 5.11 Å². The summed E-state index contributed by atoms with van der Waals surface area (Å²) < 4.78 is 0. The lowest BCUT2D eigenvalue weighted by molar-refractivity contribution is -0.133. The van der Waals surface area contributed by atoms with E-state index in [-0.39, 0.29) is 5.92 Å². The minimum Gasteiger partial charge on any atom is -0.478 e. The Morgan fingerprint density at radius 3 is 2.40 bits per heavy atom. The molecule has 0 saturated heterocycles. The van der Waals surface area contributed by atoms with Crippen molar-refractivity contribution < 1.29 is 9.90 Å². The molecule has 2 nitrogen and oxygen atoms in total. The number of aliphatic carboxylic acids is 1. The van der Waals surface area contributed by atoms with Gasteiger partial charge in [-0.1, -0.05) is 50.3 Å². The number of carboxylic acid groups (broad SMARTS) is 1. The zero-order chi connectivity index (χ0) is 11.3. The highest BCUT2D eigenvalue weighted by atomic mass is 16.4. The zero-order valence-electron chi connectivity index (χ0n) is 9.10. The highest BCUT2D eigenvalue weighted by Crippen LogP contribution is 2.11. The van der Waals surface area contributed by atoms with Crippen LogP contribution in [-0.2, 0) is 11.2 Å². The van der Waals surface area contributed by atoms with E-state index in [1.807, 2.05) is 44.2 Å². The third kappa shape index (κ3) is 3.58. The van der Waals surface area contributed by atoms with Gasteiger partial charge in [-0.2, -0.15) is 0 Å². The second-order valence-corrected chi connectivity index (χ2v) is 3.81. The maximum absolute atomic E-state index is 10.9. The monoisotopic (exact) mass is 204 g/mol. The van der Waals surface area contributed by atoms with Crippen LogP contribution in [0.25, 0.3) is 0 Å². The number of hydrogen-bond acceptors (Lipinski definition) is 1. The SMILES string of the molecule is CC(C)C(=CCc1ccccc1)C(=O)O. The summed E-state index contributed by atoms with van der Waals surface area (Å²) in [4.78, 5) is 10.9. The van der Waals surface area contributed by atoms with E-state index in [1.165, 1.54) is 0 Å². The van der Waals surface area contributed by atoms with E-state index in [4.69, 9.17) is 5.11 Å². The Morgan fingerprint density at radius 2 is 1.93 bits per heavy atom. The Balaban J connectivity index is 2.75. The maximum Gasteiger partial charge on any atom is 0.331 e. The van der Waals surface area contributed by atoms with Crippen LogP contribution in [0.1, 0.15) is 19.4 Å². The second-order valence-electron chi connectivity index (χ2n) is 3.81. The molecule has 0 radical (unpaired) electrons. The standard InChI is InChI=1S/C13H16O2/c1-10(2)12(13(14)15)9-8-11-6-4-3-5-7-11/h3-7,9-10H,8H2,1-2H3,(H,14,15). The van der Waals surface area contributed by atoms with Crippen molar-refractivity contribution in [1.82, 2.24) is 0 Å². The summed E-state index contributed by atoms with van der Waals surface area (Å²) in [6.07, 6.45) is 2.48. The van der Waals surface area contributed by atoms with E-state index in [2.05, 4.69) is 0 Å². The van der Waals surface area contributed by atoms with Crippen molar-refractivity contribution in [3.8, 4) is 0 Å². The van der Waals surface area contributed by atoms with Gasteiger partial charge in [0.25, 0.3) is 0 Å². The average molecular weight is 204 g/mol. The molecule has 0 amide bonds. The van der Waals surface area contributed by atoms with Crippen molar-refractivity contribution in [3.05, 3.63) is 47.5 Å². The molecule has 0 fully saturated rings. The van der Waals surface area contributed by atoms with E-state index in [0.29, 0.717) is 12.0 Å². The van der Waals surface area contributed by atoms with Crippen LogP contribution in [0.15, 0.2) is 42.0 Å². The fourth-order valence-electron chi connectivity index (χ4n) is 1.41. The Hall–Kier alpha value is -1.57. The highest BCUT2D eigenvalue weighted by molar-refractivity contribution is 5.87. The summed E-state index contributed by atoms with van der Waals surface area (Å²) in [5.74, 6) is -0.757. The lowest BCUT2D eigenvalue weighted by Gasteiger charge is -2.05. The molecular weight excluding hydrogens is 188 g/mol. The van der Waals surface area contributed by atoms with Crippen LogP contribution in [0, 0.1) is 5.92 Å². The van der Waals surface area contributed by atoms with Gasteiger partial charge in [0, 0.05) is 5.57 Å². The quantitative estimate of drug-likeness (QED) is 0.766. The fraction of sp³-hybridized carbons (Fsp3) is 0.308. The van der Waals surface area contributed by atoms with Crippen LogP contribution >= 0.6 is 0 Å². The van der Waals surface area contributed by atoms with Crippen LogP contribution in [0.3, 0.4) is 0 Å². The van der Waals surface area contributed by atoms with E-state index in [0.717, 1.165) is 5.56 Å². The van der Waals surface area contributed by atoms with Crippen LogP contribution < -0.4 is 0 Å². The van der Waals surface area contributed by atoms with Crippen LogP contribution in [0.4, 0.5) is 0 Å². The summed E-state index contributed by atoms with van der Waals surface area (Å²) in [7, 11) is 0. The largest absolute Gasteiger partial charge is 0.478 e. The first-order valence-corrected chi connectivity index (χ1v) is 5.08. The molecule has 0 heterocycles. The molecule has 0 aliphatic heterocycles. The molecule has 80 valence electrons. The van der Waals surface area contributed by atoms with Crippen LogP contribution in [-0.4, -0.2) is 11.1 Å². The van der Waals surface area contributed by atoms with Crippen molar-refractivity contribution in [2.24, 2.45) is 5.92 Å². The van der Waals surface area contributed by atoms with Gasteiger partial charge in [0.05, 0.1) is 0 Å². The zero-order valence-corrected chi connectivity index (χ0v) is 9.10. The van der Waals surface area contributed by atoms with Crippen molar-refractivity contribution in [3.63, 3.8) is 0 Å². The van der Waals surface area contributed by atoms with Crippen molar-refractivity contribution in [2.45, 2.75) is 20.3 Å². The molecule has 0 atom stereocenters. The number of carbonyl (C=O) groups is 1. The van der Waals surface area contributed by atoms with E-state index >= 15 is 0 Å². The number of benzene rings is 1. The fourth-order valence-corrected chi connectivity index (χ4v) is 1.41. The third-order valence-electron chi connectivity index (χ3n) is 2.27. The van der Waals surface area contributed by atoms with E-state index < -0.39 is 5.97 Å². The molecule has 15 heavy (non-hydrogen) atoms. The average Bonchev–Trinajstić information content (AvgIpc) is 2.18. The molecule has 1 aromatic carbocycles. The van der Waals surface area contributed by atoms with Gasteiger partial charge in [-0.25, -0.2) is 4.79 Å². The smallest absolute Gasteiger partial charge is 0.331 e. The number of hydrogen-bond donors (Lipinski definition) is 1. The summed E-state index contributed by atoms with van der Waals surface area (Å²) in [6.45, 7) is 3.79.